The van der Waals surface area contributed by atoms with Crippen LogP contribution in [0, 0.1) is 0 Å². The van der Waals surface area contributed by atoms with Gasteiger partial charge in [-0.1, -0.05) is 0 Å². The van der Waals surface area contributed by atoms with Crippen molar-refractivity contribution in [3.8, 4) is 0 Å². The van der Waals surface area contributed by atoms with Crippen molar-refractivity contribution in [1.29, 1.82) is 0 Å². The van der Waals surface area contributed by atoms with E-state index >= 15 is 0 Å². The molecular formula is C17H17F4N3O3S. The number of nitrogens with one attached hydrogen (secondary N) is 1. The van der Waals surface area contributed by atoms with Crippen LogP contribution < -0.4 is 5.32 Å². The number of amides is 1. The van der Waals surface area contributed by atoms with E-state index in [1.165, 1.54) is 18.4 Å². The molecule has 2 aromatic rings. The van der Waals surface area contributed by atoms with Gasteiger partial charge in [0.05, 0.1) is 12.7 Å². The lowest BCUT2D eigenvalue weighted by Crippen LogP contribution is -2.22. The first kappa shape index (κ1) is 20.3. The fourth-order valence-electron chi connectivity index (χ4n) is 3.14. The molecule has 1 N–H and O–H groups in total. The average molecular weight is 419 g/mol. The number of aromatic nitrogens is 2. The number of alkyl halides is 4. The van der Waals surface area contributed by atoms with Gasteiger partial charge in [0, 0.05) is 4.88 Å². The van der Waals surface area contributed by atoms with Crippen LogP contribution >= 0.6 is 11.3 Å². The standard InChI is InChI=1S/C17H17F4N3O3S/c1-27-17(26)13-8-4-2-3-5-11(8)28-16(13)22-12(25)7-24-10(15(20)21)6-9(23-24)14(18)19/h6,14-15H,2-5,7H2,1H3,(H,22,25). The monoisotopic (exact) mass is 419 g/mol. The number of carbonyl (C=O) groups is 2. The molecule has 0 saturated carbocycles. The number of halogens is 4. The largest absolute Gasteiger partial charge is 0.465 e. The van der Waals surface area contributed by atoms with Crippen LogP contribution in [0.1, 0.15) is 57.9 Å². The molecule has 1 aliphatic carbocycles. The third-order valence-corrected chi connectivity index (χ3v) is 5.59. The molecule has 0 bridgehead atoms. The number of nitrogens with zero attached hydrogens (tertiary/aromatic N) is 2. The maximum atomic E-state index is 13.1. The molecule has 0 spiro atoms. The summed E-state index contributed by atoms with van der Waals surface area (Å²) in [6.45, 7) is -0.685. The van der Waals surface area contributed by atoms with Crippen LogP contribution in [0.2, 0.25) is 0 Å². The quantitative estimate of drug-likeness (QED) is 0.565. The maximum absolute atomic E-state index is 13.1. The van der Waals surface area contributed by atoms with Gasteiger partial charge in [0.25, 0.3) is 12.9 Å². The summed E-state index contributed by atoms with van der Waals surface area (Å²) in [5.41, 5.74) is -0.516. The van der Waals surface area contributed by atoms with E-state index in [1.807, 2.05) is 0 Å². The number of rotatable bonds is 6. The van der Waals surface area contributed by atoms with E-state index < -0.39 is 42.7 Å². The fourth-order valence-corrected chi connectivity index (χ4v) is 4.43. The molecule has 0 saturated heterocycles. The number of methoxy groups -OCH3 is 1. The highest BCUT2D eigenvalue weighted by Crippen LogP contribution is 2.38. The first-order valence-corrected chi connectivity index (χ1v) is 9.30. The lowest BCUT2D eigenvalue weighted by Gasteiger charge is -2.12. The van der Waals surface area contributed by atoms with Crippen molar-refractivity contribution in [2.45, 2.75) is 45.1 Å². The normalized spacial score (nSPS) is 13.7. The minimum atomic E-state index is -3.06. The molecular weight excluding hydrogens is 402 g/mol. The van der Waals surface area contributed by atoms with Gasteiger partial charge in [0.15, 0.2) is 0 Å². The maximum Gasteiger partial charge on any atom is 0.341 e. The summed E-state index contributed by atoms with van der Waals surface area (Å²) in [6.07, 6.45) is -2.78. The van der Waals surface area contributed by atoms with Crippen LogP contribution in [0.15, 0.2) is 6.07 Å². The van der Waals surface area contributed by atoms with Gasteiger partial charge in [0.1, 0.15) is 22.9 Å². The topological polar surface area (TPSA) is 73.2 Å². The highest BCUT2D eigenvalue weighted by molar-refractivity contribution is 7.17. The van der Waals surface area contributed by atoms with Crippen LogP contribution in [0.25, 0.3) is 0 Å². The Labute approximate surface area is 161 Å². The highest BCUT2D eigenvalue weighted by atomic mass is 32.1. The number of aryl methyl sites for hydroxylation is 1. The van der Waals surface area contributed by atoms with Crippen molar-refractivity contribution >= 4 is 28.2 Å². The second kappa shape index (κ2) is 8.29. The van der Waals surface area contributed by atoms with Gasteiger partial charge >= 0.3 is 5.97 Å². The molecule has 1 amide bonds. The summed E-state index contributed by atoms with van der Waals surface area (Å²) >= 11 is 1.23. The summed E-state index contributed by atoms with van der Waals surface area (Å²) in [4.78, 5) is 25.5. The Bertz CT molecular complexity index is 895. The van der Waals surface area contributed by atoms with Crippen molar-refractivity contribution in [2.75, 3.05) is 12.4 Å². The number of carbonyl (C=O) groups excluding carboxylic acids is 2. The van der Waals surface area contributed by atoms with Crippen molar-refractivity contribution < 1.29 is 31.9 Å². The molecule has 0 unspecified atom stereocenters. The van der Waals surface area contributed by atoms with Crippen LogP contribution in [-0.4, -0.2) is 28.8 Å². The Hall–Kier alpha value is -2.43. The van der Waals surface area contributed by atoms with Crippen LogP contribution in [0.4, 0.5) is 22.6 Å². The molecule has 2 aromatic heterocycles. The number of ether oxygens (including phenoxy) is 1. The first-order valence-electron chi connectivity index (χ1n) is 8.48. The summed E-state index contributed by atoms with van der Waals surface area (Å²) in [5.74, 6) is -1.35. The molecule has 0 radical (unpaired) electrons. The SMILES string of the molecule is COC(=O)c1c(NC(=O)Cn2nc(C(F)F)cc2C(F)F)sc2c1CCCC2. The van der Waals surface area contributed by atoms with E-state index in [-0.39, 0.29) is 10.6 Å². The van der Waals surface area contributed by atoms with Crippen molar-refractivity contribution in [3.63, 3.8) is 0 Å². The Balaban J connectivity index is 1.84. The third-order valence-electron chi connectivity index (χ3n) is 4.38. The second-order valence-electron chi connectivity index (χ2n) is 6.21. The van der Waals surface area contributed by atoms with Crippen molar-refractivity contribution in [2.24, 2.45) is 0 Å². The number of thiophene rings is 1. The van der Waals surface area contributed by atoms with E-state index in [2.05, 4.69) is 10.4 Å². The summed E-state index contributed by atoms with van der Waals surface area (Å²) in [5, 5.41) is 6.18. The summed E-state index contributed by atoms with van der Waals surface area (Å²) < 4.78 is 57.0. The van der Waals surface area contributed by atoms with Gasteiger partial charge in [-0.25, -0.2) is 22.4 Å². The number of hydrogen-bond donors (Lipinski definition) is 1. The Morgan fingerprint density at radius 2 is 1.96 bits per heavy atom. The highest BCUT2D eigenvalue weighted by Gasteiger charge is 2.28. The van der Waals surface area contributed by atoms with Gasteiger partial charge in [-0.2, -0.15) is 5.10 Å². The second-order valence-corrected chi connectivity index (χ2v) is 7.31. The Kier molecular flexibility index (Phi) is 6.01. The van der Waals surface area contributed by atoms with Crippen molar-refractivity contribution in [3.05, 3.63) is 33.5 Å². The molecule has 152 valence electrons. The minimum Gasteiger partial charge on any atom is -0.465 e. The zero-order chi connectivity index (χ0) is 20.4. The number of fused-ring (bicyclic) bond motifs is 1. The van der Waals surface area contributed by atoms with Gasteiger partial charge in [-0.15, -0.1) is 11.3 Å². The summed E-state index contributed by atoms with van der Waals surface area (Å²) in [6, 6.07) is 0.576. The molecule has 0 aromatic carbocycles. The summed E-state index contributed by atoms with van der Waals surface area (Å²) in [7, 11) is 1.23. The van der Waals surface area contributed by atoms with Crippen LogP contribution in [-0.2, 0) is 28.9 Å². The molecule has 1 aliphatic rings. The predicted octanol–water partition coefficient (Wildman–Crippen LogP) is 4.12. The lowest BCUT2D eigenvalue weighted by atomic mass is 9.95. The van der Waals surface area contributed by atoms with Gasteiger partial charge in [-0.3, -0.25) is 9.48 Å². The lowest BCUT2D eigenvalue weighted by molar-refractivity contribution is -0.117. The van der Waals surface area contributed by atoms with E-state index in [4.69, 9.17) is 4.74 Å². The molecule has 6 nitrogen and oxygen atoms in total. The predicted molar refractivity (Wildman–Crippen MR) is 93.1 cm³/mol. The van der Waals surface area contributed by atoms with Gasteiger partial charge in [-0.05, 0) is 37.3 Å². The molecule has 0 aliphatic heterocycles. The fraction of sp³-hybridized carbons (Fsp3) is 0.471. The molecule has 0 fully saturated rings. The molecule has 2 heterocycles. The molecule has 3 rings (SSSR count). The van der Waals surface area contributed by atoms with E-state index in [0.717, 1.165) is 29.7 Å². The zero-order valence-corrected chi connectivity index (χ0v) is 15.6. The Morgan fingerprint density at radius 3 is 2.61 bits per heavy atom. The average Bonchev–Trinajstić information content (AvgIpc) is 3.22. The van der Waals surface area contributed by atoms with Gasteiger partial charge in [0.2, 0.25) is 5.91 Å². The first-order chi connectivity index (χ1) is 13.3. The number of anilines is 1. The van der Waals surface area contributed by atoms with E-state index in [0.29, 0.717) is 17.2 Å². The van der Waals surface area contributed by atoms with Crippen LogP contribution in [0.3, 0.4) is 0 Å². The zero-order valence-electron chi connectivity index (χ0n) is 14.8. The number of esters is 1. The van der Waals surface area contributed by atoms with E-state index in [9.17, 15) is 27.2 Å². The smallest absolute Gasteiger partial charge is 0.341 e. The van der Waals surface area contributed by atoms with Crippen molar-refractivity contribution in [1.82, 2.24) is 9.78 Å². The van der Waals surface area contributed by atoms with E-state index in [1.54, 1.807) is 0 Å². The van der Waals surface area contributed by atoms with Crippen LogP contribution in [0.5, 0.6) is 0 Å². The third kappa shape index (κ3) is 4.03. The molecule has 11 heteroatoms. The number of hydrogen-bond acceptors (Lipinski definition) is 5. The van der Waals surface area contributed by atoms with Gasteiger partial charge < -0.3 is 10.1 Å². The Morgan fingerprint density at radius 1 is 1.25 bits per heavy atom. The minimum absolute atomic E-state index is 0.262. The molecule has 0 atom stereocenters. The molecule has 28 heavy (non-hydrogen) atoms.